The zero-order valence-electron chi connectivity index (χ0n) is 15.4. The molecule has 1 aliphatic heterocycles. The molecular weight excluding hydrogens is 388 g/mol. The molecule has 0 bridgehead atoms. The van der Waals surface area contributed by atoms with Crippen LogP contribution in [-0.4, -0.2) is 74.9 Å². The van der Waals surface area contributed by atoms with Gasteiger partial charge in [0, 0.05) is 38.3 Å². The molecule has 1 aromatic rings. The van der Waals surface area contributed by atoms with Crippen LogP contribution in [0.5, 0.6) is 0 Å². The molecule has 10 heteroatoms. The first-order chi connectivity index (χ1) is 13.3. The average Bonchev–Trinajstić information content (AvgIpc) is 2.71. The Morgan fingerprint density at radius 3 is 2.11 bits per heavy atom. The molecular formula is C18H22N2O7S. The van der Waals surface area contributed by atoms with Gasteiger partial charge in [0.05, 0.1) is 11.5 Å². The average molecular weight is 410 g/mol. The first-order valence-corrected chi connectivity index (χ1v) is 10.1. The van der Waals surface area contributed by atoms with Gasteiger partial charge in [-0.05, 0) is 19.1 Å². The molecule has 0 spiro atoms. The Bertz CT molecular complexity index is 829. The highest BCUT2D eigenvalue weighted by molar-refractivity contribution is 7.89. The molecule has 0 aromatic heterocycles. The number of ether oxygens (including phenoxy) is 2. The fourth-order valence-corrected chi connectivity index (χ4v) is 3.96. The summed E-state index contributed by atoms with van der Waals surface area (Å²) in [7, 11) is -3.60. The Balaban J connectivity index is 1.80. The number of carbonyl (C=O) groups is 3. The minimum absolute atomic E-state index is 0.152. The summed E-state index contributed by atoms with van der Waals surface area (Å²) in [6.45, 7) is 2.02. The van der Waals surface area contributed by atoms with Crippen LogP contribution in [0.2, 0.25) is 0 Å². The third kappa shape index (κ3) is 5.89. The van der Waals surface area contributed by atoms with Gasteiger partial charge in [0.2, 0.25) is 10.0 Å². The van der Waals surface area contributed by atoms with E-state index in [4.69, 9.17) is 4.74 Å². The lowest BCUT2D eigenvalue weighted by atomic mass is 10.3. The number of hydrogen-bond donors (Lipinski definition) is 0. The van der Waals surface area contributed by atoms with Gasteiger partial charge in [0.25, 0.3) is 5.91 Å². The molecule has 152 valence electrons. The SMILES string of the molecule is CCOC(=O)/C=C/C(=O)OCC(=O)N1CCN(S(=O)(=O)c2ccccc2)CC1. The molecule has 0 N–H and O–H groups in total. The summed E-state index contributed by atoms with van der Waals surface area (Å²) >= 11 is 0. The number of sulfonamides is 1. The van der Waals surface area contributed by atoms with Crippen LogP contribution in [0.25, 0.3) is 0 Å². The fourth-order valence-electron chi connectivity index (χ4n) is 2.52. The van der Waals surface area contributed by atoms with E-state index in [2.05, 4.69) is 4.74 Å². The van der Waals surface area contributed by atoms with Gasteiger partial charge >= 0.3 is 11.9 Å². The van der Waals surface area contributed by atoms with Gasteiger partial charge in [-0.3, -0.25) is 4.79 Å². The molecule has 9 nitrogen and oxygen atoms in total. The van der Waals surface area contributed by atoms with Crippen molar-refractivity contribution in [3.8, 4) is 0 Å². The van der Waals surface area contributed by atoms with Gasteiger partial charge in [-0.15, -0.1) is 0 Å². The number of nitrogens with zero attached hydrogens (tertiary/aromatic N) is 2. The van der Waals surface area contributed by atoms with E-state index in [-0.39, 0.29) is 37.7 Å². The minimum atomic E-state index is -3.60. The van der Waals surface area contributed by atoms with Crippen LogP contribution in [-0.2, 0) is 33.9 Å². The zero-order chi connectivity index (χ0) is 20.6. The number of rotatable bonds is 7. The maximum absolute atomic E-state index is 12.6. The summed E-state index contributed by atoms with van der Waals surface area (Å²) in [6, 6.07) is 8.08. The summed E-state index contributed by atoms with van der Waals surface area (Å²) in [4.78, 5) is 36.4. The molecule has 1 saturated heterocycles. The van der Waals surface area contributed by atoms with Crippen molar-refractivity contribution in [2.24, 2.45) is 0 Å². The molecule has 1 fully saturated rings. The van der Waals surface area contributed by atoms with E-state index in [9.17, 15) is 22.8 Å². The smallest absolute Gasteiger partial charge is 0.331 e. The van der Waals surface area contributed by atoms with Gasteiger partial charge in [-0.25, -0.2) is 18.0 Å². The van der Waals surface area contributed by atoms with Crippen molar-refractivity contribution < 1.29 is 32.3 Å². The van der Waals surface area contributed by atoms with Gasteiger partial charge in [0.1, 0.15) is 0 Å². The lowest BCUT2D eigenvalue weighted by Gasteiger charge is -2.33. The van der Waals surface area contributed by atoms with E-state index in [0.717, 1.165) is 12.2 Å². The molecule has 28 heavy (non-hydrogen) atoms. The third-order valence-corrected chi connectivity index (χ3v) is 5.87. The highest BCUT2D eigenvalue weighted by atomic mass is 32.2. The van der Waals surface area contributed by atoms with Crippen molar-refractivity contribution in [3.05, 3.63) is 42.5 Å². The zero-order valence-corrected chi connectivity index (χ0v) is 16.3. The van der Waals surface area contributed by atoms with Crippen molar-refractivity contribution in [2.75, 3.05) is 39.4 Å². The second-order valence-corrected chi connectivity index (χ2v) is 7.73. The Morgan fingerprint density at radius 2 is 1.54 bits per heavy atom. The summed E-state index contributed by atoms with van der Waals surface area (Å²) in [6.07, 6.45) is 1.80. The maximum Gasteiger partial charge on any atom is 0.331 e. The van der Waals surface area contributed by atoms with E-state index >= 15 is 0 Å². The van der Waals surface area contributed by atoms with E-state index < -0.39 is 34.5 Å². The van der Waals surface area contributed by atoms with Crippen LogP contribution in [0.3, 0.4) is 0 Å². The molecule has 0 aliphatic carbocycles. The Morgan fingerprint density at radius 1 is 0.964 bits per heavy atom. The Hall–Kier alpha value is -2.72. The summed E-state index contributed by atoms with van der Waals surface area (Å²) in [5.74, 6) is -1.96. The lowest BCUT2D eigenvalue weighted by molar-refractivity contribution is -0.148. The van der Waals surface area contributed by atoms with Crippen LogP contribution in [0.4, 0.5) is 0 Å². The van der Waals surface area contributed by atoms with Crippen LogP contribution in [0.1, 0.15) is 6.92 Å². The molecule has 2 rings (SSSR count). The van der Waals surface area contributed by atoms with Gasteiger partial charge in [-0.2, -0.15) is 4.31 Å². The molecule has 0 saturated carbocycles. The Labute approximate surface area is 163 Å². The molecule has 0 atom stereocenters. The number of esters is 2. The summed E-state index contributed by atoms with van der Waals surface area (Å²) in [5.41, 5.74) is 0. The number of piperazine rings is 1. The van der Waals surface area contributed by atoms with Crippen LogP contribution < -0.4 is 0 Å². The molecule has 0 unspecified atom stereocenters. The van der Waals surface area contributed by atoms with E-state index in [0.29, 0.717) is 0 Å². The second kappa shape index (κ2) is 10.00. The van der Waals surface area contributed by atoms with Crippen LogP contribution in [0.15, 0.2) is 47.4 Å². The monoisotopic (exact) mass is 410 g/mol. The molecule has 1 aliphatic rings. The van der Waals surface area contributed by atoms with Crippen molar-refractivity contribution in [2.45, 2.75) is 11.8 Å². The van der Waals surface area contributed by atoms with Crippen molar-refractivity contribution in [3.63, 3.8) is 0 Å². The van der Waals surface area contributed by atoms with Crippen molar-refractivity contribution >= 4 is 27.9 Å². The number of hydrogen-bond acceptors (Lipinski definition) is 7. The molecule has 0 radical (unpaired) electrons. The van der Waals surface area contributed by atoms with Gasteiger partial charge in [-0.1, -0.05) is 18.2 Å². The van der Waals surface area contributed by atoms with Gasteiger partial charge < -0.3 is 14.4 Å². The second-order valence-electron chi connectivity index (χ2n) is 5.79. The number of benzene rings is 1. The fraction of sp³-hybridized carbons (Fsp3) is 0.389. The predicted octanol–water partition coefficient (Wildman–Crippen LogP) is 0.182. The highest BCUT2D eigenvalue weighted by Crippen LogP contribution is 2.17. The van der Waals surface area contributed by atoms with Crippen LogP contribution >= 0.6 is 0 Å². The molecule has 1 amide bonds. The van der Waals surface area contributed by atoms with Crippen molar-refractivity contribution in [1.82, 2.24) is 9.21 Å². The predicted molar refractivity (Wildman–Crippen MR) is 98.5 cm³/mol. The normalized spacial score (nSPS) is 15.4. The summed E-state index contributed by atoms with van der Waals surface area (Å²) in [5, 5.41) is 0. The first-order valence-electron chi connectivity index (χ1n) is 8.69. The van der Waals surface area contributed by atoms with E-state index in [1.54, 1.807) is 25.1 Å². The third-order valence-electron chi connectivity index (χ3n) is 3.95. The molecule has 1 heterocycles. The lowest BCUT2D eigenvalue weighted by Crippen LogP contribution is -2.51. The first kappa shape index (κ1) is 21.6. The van der Waals surface area contributed by atoms with Crippen LogP contribution in [0, 0.1) is 0 Å². The largest absolute Gasteiger partial charge is 0.463 e. The standard InChI is InChI=1S/C18H22N2O7S/c1-2-26-17(22)8-9-18(23)27-14-16(21)19-10-12-20(13-11-19)28(24,25)15-6-4-3-5-7-15/h3-9H,2,10-14H2,1H3/b9-8+. The van der Waals surface area contributed by atoms with E-state index in [1.165, 1.54) is 21.3 Å². The quantitative estimate of drug-likeness (QED) is 0.466. The maximum atomic E-state index is 12.6. The van der Waals surface area contributed by atoms with Crippen molar-refractivity contribution in [1.29, 1.82) is 0 Å². The summed E-state index contributed by atoms with van der Waals surface area (Å²) < 4.78 is 35.9. The molecule has 1 aromatic carbocycles. The Kier molecular flexibility index (Phi) is 7.70. The highest BCUT2D eigenvalue weighted by Gasteiger charge is 2.30. The van der Waals surface area contributed by atoms with E-state index in [1.807, 2.05) is 0 Å². The van der Waals surface area contributed by atoms with Gasteiger partial charge in [0.15, 0.2) is 6.61 Å². The topological polar surface area (TPSA) is 110 Å². The minimum Gasteiger partial charge on any atom is -0.463 e. The number of amides is 1. The number of carbonyl (C=O) groups excluding carboxylic acids is 3.